The molecular formula is C7H6Cl6N4. The van der Waals surface area contributed by atoms with E-state index in [-0.39, 0.29) is 29.4 Å². The van der Waals surface area contributed by atoms with Crippen LogP contribution in [0.25, 0.3) is 0 Å². The van der Waals surface area contributed by atoms with E-state index < -0.39 is 8.67 Å². The van der Waals surface area contributed by atoms with Crippen LogP contribution >= 0.6 is 69.6 Å². The van der Waals surface area contributed by atoms with Gasteiger partial charge in [0.05, 0.1) is 11.8 Å². The Bertz CT molecular complexity index is 375. The van der Waals surface area contributed by atoms with E-state index in [2.05, 4.69) is 15.0 Å². The highest BCUT2D eigenvalue weighted by Gasteiger charge is 2.35. The molecule has 1 rings (SSSR count). The molecule has 0 aliphatic heterocycles. The molecule has 1 aromatic rings. The van der Waals surface area contributed by atoms with E-state index in [4.69, 9.17) is 75.3 Å². The van der Waals surface area contributed by atoms with Crippen molar-refractivity contribution < 1.29 is 0 Å². The molecule has 0 aromatic carbocycles. The molecule has 0 atom stereocenters. The van der Waals surface area contributed by atoms with Crippen LogP contribution in [0.2, 0.25) is 0 Å². The Kier molecular flexibility index (Phi) is 5.21. The molecule has 0 spiro atoms. The Hall–Kier alpha value is 0.550. The zero-order valence-electron chi connectivity index (χ0n) is 8.10. The molecule has 1 heterocycles. The topological polar surface area (TPSA) is 64.7 Å². The van der Waals surface area contributed by atoms with Crippen LogP contribution in [0.4, 0.5) is 5.95 Å². The molecule has 17 heavy (non-hydrogen) atoms. The van der Waals surface area contributed by atoms with Crippen molar-refractivity contribution in [2.45, 2.75) is 8.67 Å². The first kappa shape index (κ1) is 15.6. The number of halogens is 6. The molecule has 0 saturated carbocycles. The van der Waals surface area contributed by atoms with Crippen molar-refractivity contribution in [2.75, 3.05) is 17.5 Å². The first-order valence-electron chi connectivity index (χ1n) is 4.13. The number of nitrogens with zero attached hydrogens (tertiary/aromatic N) is 3. The Balaban J connectivity index is 3.29. The zero-order valence-corrected chi connectivity index (χ0v) is 12.6. The Labute approximate surface area is 128 Å². The van der Waals surface area contributed by atoms with Gasteiger partial charge in [0.1, 0.15) is 0 Å². The van der Waals surface area contributed by atoms with E-state index in [1.165, 1.54) is 0 Å². The molecule has 0 amide bonds. The monoisotopic (exact) mass is 356 g/mol. The third-order valence-electron chi connectivity index (χ3n) is 1.64. The summed E-state index contributed by atoms with van der Waals surface area (Å²) in [6.45, 7) is 0. The summed E-state index contributed by atoms with van der Waals surface area (Å²) in [6.07, 6.45) is 0. The molecule has 0 saturated heterocycles. The van der Waals surface area contributed by atoms with Crippen LogP contribution in [0.3, 0.4) is 0 Å². The zero-order chi connectivity index (χ0) is 13.3. The van der Waals surface area contributed by atoms with Gasteiger partial charge in [0.15, 0.2) is 20.3 Å². The highest BCUT2D eigenvalue weighted by Crippen LogP contribution is 2.36. The van der Waals surface area contributed by atoms with Crippen LogP contribution in [0.15, 0.2) is 0 Å². The minimum Gasteiger partial charge on any atom is -0.368 e. The molecule has 1 aromatic heterocycles. The highest BCUT2D eigenvalue weighted by atomic mass is 35.5. The fraction of sp³-hybridized carbons (Fsp3) is 0.571. The lowest BCUT2D eigenvalue weighted by Crippen LogP contribution is -2.24. The van der Waals surface area contributed by atoms with Gasteiger partial charge in [-0.2, -0.15) is 9.97 Å². The maximum absolute atomic E-state index is 5.89. The van der Waals surface area contributed by atoms with Crippen LogP contribution in [-0.2, 0) is 8.67 Å². The standard InChI is InChI=1S/C7H6Cl6N4/c8-1-6(10,11)3-15-4(7(12,13)2-9)17-5(14)16-3/h1-2H2,(H2,14,15,16,17). The van der Waals surface area contributed by atoms with Gasteiger partial charge < -0.3 is 5.73 Å². The van der Waals surface area contributed by atoms with Gasteiger partial charge in [0.25, 0.3) is 0 Å². The number of alkyl halides is 6. The summed E-state index contributed by atoms with van der Waals surface area (Å²) in [4.78, 5) is 11.5. The van der Waals surface area contributed by atoms with Gasteiger partial charge in [-0.3, -0.25) is 0 Å². The second kappa shape index (κ2) is 5.68. The van der Waals surface area contributed by atoms with Gasteiger partial charge in [-0.05, 0) is 0 Å². The second-order valence-electron chi connectivity index (χ2n) is 3.02. The van der Waals surface area contributed by atoms with Crippen molar-refractivity contribution in [3.05, 3.63) is 11.6 Å². The lowest BCUT2D eigenvalue weighted by Gasteiger charge is -2.19. The number of hydrogen-bond donors (Lipinski definition) is 1. The van der Waals surface area contributed by atoms with Crippen LogP contribution in [-0.4, -0.2) is 26.7 Å². The summed E-state index contributed by atoms with van der Waals surface area (Å²) in [7, 11) is 0. The number of aromatic nitrogens is 3. The smallest absolute Gasteiger partial charge is 0.223 e. The van der Waals surface area contributed by atoms with Crippen LogP contribution in [0, 0.1) is 0 Å². The van der Waals surface area contributed by atoms with E-state index >= 15 is 0 Å². The summed E-state index contributed by atoms with van der Waals surface area (Å²) in [5, 5.41) is 0. The number of anilines is 1. The molecule has 0 aliphatic rings. The Morgan fingerprint density at radius 1 is 0.824 bits per heavy atom. The number of rotatable bonds is 4. The molecule has 0 radical (unpaired) electrons. The number of hydrogen-bond acceptors (Lipinski definition) is 4. The molecule has 4 nitrogen and oxygen atoms in total. The molecule has 0 bridgehead atoms. The molecule has 10 heteroatoms. The molecule has 96 valence electrons. The third kappa shape index (κ3) is 3.75. The third-order valence-corrected chi connectivity index (χ3v) is 4.20. The summed E-state index contributed by atoms with van der Waals surface area (Å²) in [5.74, 6) is -0.477. The summed E-state index contributed by atoms with van der Waals surface area (Å²) >= 11 is 34.7. The summed E-state index contributed by atoms with van der Waals surface area (Å²) in [5.41, 5.74) is 5.48. The van der Waals surface area contributed by atoms with Crippen molar-refractivity contribution in [3.63, 3.8) is 0 Å². The minimum absolute atomic E-state index is 0.0332. The van der Waals surface area contributed by atoms with Gasteiger partial charge in [0, 0.05) is 0 Å². The van der Waals surface area contributed by atoms with Gasteiger partial charge in [0.2, 0.25) is 5.95 Å². The van der Waals surface area contributed by atoms with Crippen molar-refractivity contribution in [2.24, 2.45) is 0 Å². The predicted octanol–water partition coefficient (Wildman–Crippen LogP) is 3.19. The van der Waals surface area contributed by atoms with Crippen LogP contribution in [0.1, 0.15) is 11.6 Å². The Morgan fingerprint density at radius 2 is 1.18 bits per heavy atom. The fourth-order valence-corrected chi connectivity index (χ4v) is 1.42. The van der Waals surface area contributed by atoms with E-state index in [9.17, 15) is 0 Å². The first-order chi connectivity index (χ1) is 7.73. The molecule has 0 aliphatic carbocycles. The normalized spacial score (nSPS) is 12.8. The lowest BCUT2D eigenvalue weighted by atomic mass is 10.4. The highest BCUT2D eigenvalue weighted by molar-refractivity contribution is 6.51. The van der Waals surface area contributed by atoms with Gasteiger partial charge in [-0.25, -0.2) is 4.98 Å². The second-order valence-corrected chi connectivity index (χ2v) is 6.52. The Morgan fingerprint density at radius 3 is 1.47 bits per heavy atom. The van der Waals surface area contributed by atoms with E-state index in [1.807, 2.05) is 0 Å². The summed E-state index contributed by atoms with van der Waals surface area (Å²) in [6, 6.07) is 0. The predicted molar refractivity (Wildman–Crippen MR) is 72.4 cm³/mol. The van der Waals surface area contributed by atoms with Crippen molar-refractivity contribution in [3.8, 4) is 0 Å². The van der Waals surface area contributed by atoms with Crippen LogP contribution in [0.5, 0.6) is 0 Å². The fourth-order valence-electron chi connectivity index (χ4n) is 0.839. The molecular weight excluding hydrogens is 353 g/mol. The number of nitrogen functional groups attached to an aromatic ring is 1. The largest absolute Gasteiger partial charge is 0.368 e. The first-order valence-corrected chi connectivity index (χ1v) is 6.71. The SMILES string of the molecule is Nc1nc(C(Cl)(Cl)CCl)nc(C(Cl)(Cl)CCl)n1. The summed E-state index contributed by atoms with van der Waals surface area (Å²) < 4.78 is -3.02. The average Bonchev–Trinajstić information content (AvgIpc) is 2.28. The van der Waals surface area contributed by atoms with Gasteiger partial charge in [-0.1, -0.05) is 46.4 Å². The average molecular weight is 359 g/mol. The van der Waals surface area contributed by atoms with Crippen molar-refractivity contribution >= 4 is 75.6 Å². The van der Waals surface area contributed by atoms with E-state index in [0.717, 1.165) is 0 Å². The molecule has 0 fully saturated rings. The van der Waals surface area contributed by atoms with Crippen molar-refractivity contribution in [1.82, 2.24) is 15.0 Å². The molecule has 0 unspecified atom stereocenters. The van der Waals surface area contributed by atoms with Gasteiger partial charge in [-0.15, -0.1) is 23.2 Å². The van der Waals surface area contributed by atoms with Crippen LogP contribution < -0.4 is 5.73 Å². The quantitative estimate of drug-likeness (QED) is 0.839. The van der Waals surface area contributed by atoms with E-state index in [1.54, 1.807) is 0 Å². The van der Waals surface area contributed by atoms with E-state index in [0.29, 0.717) is 0 Å². The minimum atomic E-state index is -1.51. The number of nitrogens with two attached hydrogens (primary N) is 1. The maximum atomic E-state index is 5.89. The van der Waals surface area contributed by atoms with Crippen molar-refractivity contribution in [1.29, 1.82) is 0 Å². The lowest BCUT2D eigenvalue weighted by molar-refractivity contribution is 0.757. The van der Waals surface area contributed by atoms with Gasteiger partial charge >= 0.3 is 0 Å². The molecule has 2 N–H and O–H groups in total. The maximum Gasteiger partial charge on any atom is 0.223 e.